The molecule has 0 unspecified atom stereocenters. The molecule has 0 bridgehead atoms. The van der Waals surface area contributed by atoms with Gasteiger partial charge in [0, 0.05) is 7.05 Å². The summed E-state index contributed by atoms with van der Waals surface area (Å²) in [7, 11) is 1.88. The number of nitrogens with zero attached hydrogens (tertiary/aromatic N) is 5. The first-order valence-corrected chi connectivity index (χ1v) is 7.65. The third-order valence-electron chi connectivity index (χ3n) is 4.09. The van der Waals surface area contributed by atoms with Crippen LogP contribution in [0.2, 0.25) is 0 Å². The summed E-state index contributed by atoms with van der Waals surface area (Å²) in [5.74, 6) is 7.04. The van der Waals surface area contributed by atoms with Crippen molar-refractivity contribution in [3.63, 3.8) is 0 Å². The highest BCUT2D eigenvalue weighted by atomic mass is 15.3. The molecule has 7 nitrogen and oxygen atoms in total. The second kappa shape index (κ2) is 6.36. The monoisotopic (exact) mass is 289 g/mol. The number of rotatable bonds is 3. The van der Waals surface area contributed by atoms with Crippen LogP contribution >= 0.6 is 0 Å². The van der Waals surface area contributed by atoms with E-state index < -0.39 is 0 Å². The topological polar surface area (TPSA) is 84.9 Å². The van der Waals surface area contributed by atoms with Crippen LogP contribution in [0.4, 0.5) is 5.82 Å². The summed E-state index contributed by atoms with van der Waals surface area (Å²) in [6, 6.07) is 0. The van der Waals surface area contributed by atoms with Gasteiger partial charge in [0.05, 0.1) is 18.1 Å². The number of nitrogens with one attached hydrogen (secondary N) is 1. The minimum absolute atomic E-state index is 0.648. The van der Waals surface area contributed by atoms with Crippen molar-refractivity contribution < 1.29 is 0 Å². The number of hydrogen-bond acceptors (Lipinski definition) is 6. The number of aromatic nitrogens is 4. The molecule has 0 radical (unpaired) electrons. The second-order valence-corrected chi connectivity index (χ2v) is 5.68. The van der Waals surface area contributed by atoms with Crippen LogP contribution in [0, 0.1) is 0 Å². The van der Waals surface area contributed by atoms with E-state index in [2.05, 4.69) is 25.4 Å². The van der Waals surface area contributed by atoms with Gasteiger partial charge in [-0.05, 0) is 25.9 Å². The number of nitrogens with two attached hydrogens (primary N) is 1. The molecule has 1 aliphatic heterocycles. The highest BCUT2D eigenvalue weighted by Gasteiger charge is 2.14. The van der Waals surface area contributed by atoms with Gasteiger partial charge < -0.3 is 5.43 Å². The van der Waals surface area contributed by atoms with Crippen molar-refractivity contribution in [1.82, 2.24) is 24.6 Å². The highest BCUT2D eigenvalue weighted by molar-refractivity contribution is 5.86. The van der Waals surface area contributed by atoms with Gasteiger partial charge in [0.25, 0.3) is 0 Å². The summed E-state index contributed by atoms with van der Waals surface area (Å²) in [5, 5.41) is 5.08. The normalized spacial score (nSPS) is 17.6. The minimum Gasteiger partial charge on any atom is -0.308 e. The van der Waals surface area contributed by atoms with E-state index >= 15 is 0 Å². The maximum Gasteiger partial charge on any atom is 0.163 e. The van der Waals surface area contributed by atoms with Crippen LogP contribution in [0.3, 0.4) is 0 Å². The Balaban J connectivity index is 1.83. The number of likely N-dealkylation sites (tertiary alicyclic amines) is 1. The lowest BCUT2D eigenvalue weighted by Gasteiger charge is -2.23. The summed E-state index contributed by atoms with van der Waals surface area (Å²) in [4.78, 5) is 11.6. The van der Waals surface area contributed by atoms with Crippen LogP contribution in [-0.4, -0.2) is 37.7 Å². The Morgan fingerprint density at radius 3 is 2.57 bits per heavy atom. The van der Waals surface area contributed by atoms with Gasteiger partial charge in [-0.3, -0.25) is 9.58 Å². The summed E-state index contributed by atoms with van der Waals surface area (Å²) in [6.45, 7) is 3.02. The average Bonchev–Trinajstić information content (AvgIpc) is 2.83. The van der Waals surface area contributed by atoms with E-state index in [0.29, 0.717) is 5.82 Å². The van der Waals surface area contributed by atoms with Gasteiger partial charge in [-0.15, -0.1) is 0 Å². The van der Waals surface area contributed by atoms with Crippen molar-refractivity contribution in [2.45, 2.75) is 38.6 Å². The lowest BCUT2D eigenvalue weighted by molar-refractivity contribution is 0.234. The molecule has 3 rings (SSSR count). The summed E-state index contributed by atoms with van der Waals surface area (Å²) < 4.78 is 1.76. The van der Waals surface area contributed by atoms with E-state index in [-0.39, 0.29) is 0 Å². The molecule has 1 saturated heterocycles. The first kappa shape index (κ1) is 14.2. The third kappa shape index (κ3) is 3.14. The van der Waals surface area contributed by atoms with E-state index in [1.807, 2.05) is 7.05 Å². The molecule has 0 saturated carbocycles. The van der Waals surface area contributed by atoms with Crippen molar-refractivity contribution in [1.29, 1.82) is 0 Å². The molecular formula is C14H23N7. The molecule has 21 heavy (non-hydrogen) atoms. The predicted molar refractivity (Wildman–Crippen MR) is 82.5 cm³/mol. The number of fused-ring (bicyclic) bond motifs is 1. The van der Waals surface area contributed by atoms with E-state index in [1.54, 1.807) is 10.9 Å². The van der Waals surface area contributed by atoms with Crippen molar-refractivity contribution >= 4 is 16.9 Å². The summed E-state index contributed by atoms with van der Waals surface area (Å²) in [5.41, 5.74) is 3.48. The lowest BCUT2D eigenvalue weighted by atomic mass is 10.1. The van der Waals surface area contributed by atoms with Gasteiger partial charge in [-0.2, -0.15) is 5.10 Å². The lowest BCUT2D eigenvalue weighted by Crippen LogP contribution is -2.28. The zero-order valence-electron chi connectivity index (χ0n) is 12.5. The predicted octanol–water partition coefficient (Wildman–Crippen LogP) is 1.41. The second-order valence-electron chi connectivity index (χ2n) is 5.68. The van der Waals surface area contributed by atoms with Gasteiger partial charge in [-0.25, -0.2) is 15.8 Å². The Labute approximate surface area is 124 Å². The molecule has 1 aliphatic rings. The van der Waals surface area contributed by atoms with Crippen LogP contribution in [0.25, 0.3) is 11.0 Å². The van der Waals surface area contributed by atoms with Crippen LogP contribution in [0.1, 0.15) is 37.9 Å². The van der Waals surface area contributed by atoms with E-state index in [4.69, 9.17) is 5.84 Å². The molecular weight excluding hydrogens is 266 g/mol. The van der Waals surface area contributed by atoms with Crippen molar-refractivity contribution in [2.75, 3.05) is 18.5 Å². The molecule has 0 spiro atoms. The SMILES string of the molecule is Cn1ncc2c(NN)nc(CN3CCCCCCC3)nc21. The number of hydrazine groups is 1. The molecule has 7 heteroatoms. The maximum absolute atomic E-state index is 5.58. The van der Waals surface area contributed by atoms with E-state index in [1.165, 1.54) is 32.1 Å². The van der Waals surface area contributed by atoms with Gasteiger partial charge in [0.2, 0.25) is 0 Å². The molecule has 0 atom stereocenters. The Kier molecular flexibility index (Phi) is 4.31. The number of anilines is 1. The molecule has 114 valence electrons. The number of hydrogen-bond donors (Lipinski definition) is 2. The fraction of sp³-hybridized carbons (Fsp3) is 0.643. The molecule has 3 heterocycles. The van der Waals surface area contributed by atoms with E-state index in [0.717, 1.165) is 36.5 Å². The minimum atomic E-state index is 0.648. The Bertz CT molecular complexity index is 599. The fourth-order valence-corrected chi connectivity index (χ4v) is 2.92. The Morgan fingerprint density at radius 2 is 1.86 bits per heavy atom. The molecule has 0 amide bonds. The third-order valence-corrected chi connectivity index (χ3v) is 4.09. The van der Waals surface area contributed by atoms with Gasteiger partial charge >= 0.3 is 0 Å². The quantitative estimate of drug-likeness (QED) is 0.656. The molecule has 2 aromatic rings. The van der Waals surface area contributed by atoms with Crippen molar-refractivity contribution in [3.05, 3.63) is 12.0 Å². The molecule has 3 N–H and O–H groups in total. The van der Waals surface area contributed by atoms with Crippen LogP contribution in [0.5, 0.6) is 0 Å². The van der Waals surface area contributed by atoms with Crippen LogP contribution in [0.15, 0.2) is 6.20 Å². The largest absolute Gasteiger partial charge is 0.308 e. The van der Waals surface area contributed by atoms with Gasteiger partial charge in [-0.1, -0.05) is 19.3 Å². The highest BCUT2D eigenvalue weighted by Crippen LogP contribution is 2.20. The number of aryl methyl sites for hydroxylation is 1. The summed E-state index contributed by atoms with van der Waals surface area (Å²) in [6.07, 6.45) is 8.28. The average molecular weight is 289 g/mol. The van der Waals surface area contributed by atoms with Crippen molar-refractivity contribution in [3.8, 4) is 0 Å². The summed E-state index contributed by atoms with van der Waals surface area (Å²) >= 11 is 0. The van der Waals surface area contributed by atoms with Gasteiger partial charge in [0.15, 0.2) is 11.5 Å². The Hall–Kier alpha value is -1.73. The standard InChI is InChI=1S/C14H23N7/c1-20-14-11(9-16-20)13(19-15)17-12(18-14)10-21-7-5-3-2-4-6-8-21/h9H,2-8,10,15H2,1H3,(H,17,18,19). The maximum atomic E-state index is 5.58. The fourth-order valence-electron chi connectivity index (χ4n) is 2.92. The molecule has 0 aromatic carbocycles. The first-order valence-electron chi connectivity index (χ1n) is 7.65. The smallest absolute Gasteiger partial charge is 0.163 e. The first-order chi connectivity index (χ1) is 10.3. The molecule has 2 aromatic heterocycles. The molecule has 1 fully saturated rings. The zero-order valence-corrected chi connectivity index (χ0v) is 12.5. The van der Waals surface area contributed by atoms with Crippen LogP contribution in [-0.2, 0) is 13.6 Å². The number of nitrogen functional groups attached to an aromatic ring is 1. The van der Waals surface area contributed by atoms with Gasteiger partial charge in [0.1, 0.15) is 5.82 Å². The molecule has 0 aliphatic carbocycles. The Morgan fingerprint density at radius 1 is 1.14 bits per heavy atom. The van der Waals surface area contributed by atoms with Crippen LogP contribution < -0.4 is 11.3 Å². The van der Waals surface area contributed by atoms with Crippen molar-refractivity contribution in [2.24, 2.45) is 12.9 Å². The zero-order chi connectivity index (χ0) is 14.7. The van der Waals surface area contributed by atoms with E-state index in [9.17, 15) is 0 Å².